The van der Waals surface area contributed by atoms with Crippen LogP contribution in [0.2, 0.25) is 0 Å². The number of methoxy groups -OCH3 is 1. The number of nitrogens with zero attached hydrogens (tertiary/aromatic N) is 1. The van der Waals surface area contributed by atoms with E-state index in [0.29, 0.717) is 34.6 Å². The quantitative estimate of drug-likeness (QED) is 0.463. The molecular weight excluding hydrogens is 452 g/mol. The number of hydrogen-bond donors (Lipinski definition) is 1. The van der Waals surface area contributed by atoms with Gasteiger partial charge in [-0.15, -0.1) is 11.3 Å². The summed E-state index contributed by atoms with van der Waals surface area (Å²) in [4.78, 5) is 17.0. The van der Waals surface area contributed by atoms with E-state index in [0.717, 1.165) is 0 Å². The van der Waals surface area contributed by atoms with E-state index in [1.165, 1.54) is 23.5 Å². The molecule has 3 rings (SSSR count). The fraction of sp³-hybridized carbons (Fsp3) is 0.273. The van der Waals surface area contributed by atoms with Crippen LogP contribution in [0.1, 0.15) is 24.2 Å². The number of ether oxygens (including phenoxy) is 3. The van der Waals surface area contributed by atoms with Gasteiger partial charge in [0.25, 0.3) is 5.91 Å². The summed E-state index contributed by atoms with van der Waals surface area (Å²) in [5.74, 6) is 0.876. The fourth-order valence-corrected chi connectivity index (χ4v) is 4.21. The largest absolute Gasteiger partial charge is 0.488 e. The van der Waals surface area contributed by atoms with E-state index in [1.807, 2.05) is 6.92 Å². The molecule has 0 bridgehead atoms. The highest BCUT2D eigenvalue weighted by molar-refractivity contribution is 7.91. The lowest BCUT2D eigenvalue weighted by Gasteiger charge is -2.16. The zero-order chi connectivity index (χ0) is 23.1. The van der Waals surface area contributed by atoms with E-state index < -0.39 is 9.84 Å². The zero-order valence-corrected chi connectivity index (χ0v) is 19.5. The normalized spacial score (nSPS) is 12.2. The van der Waals surface area contributed by atoms with Crippen LogP contribution < -0.4 is 14.8 Å². The Hall–Kier alpha value is -2.95. The van der Waals surface area contributed by atoms with E-state index in [1.54, 1.807) is 55.9 Å². The number of amides is 1. The molecule has 8 nitrogen and oxygen atoms in total. The van der Waals surface area contributed by atoms with Gasteiger partial charge in [-0.05, 0) is 43.3 Å². The van der Waals surface area contributed by atoms with E-state index in [2.05, 4.69) is 10.3 Å². The monoisotopic (exact) mass is 476 g/mol. The molecule has 32 heavy (non-hydrogen) atoms. The van der Waals surface area contributed by atoms with Crippen molar-refractivity contribution >= 4 is 32.2 Å². The number of thiazole rings is 1. The molecule has 170 valence electrons. The molecule has 3 aromatic rings. The molecule has 1 unspecified atom stereocenters. The maximum Gasteiger partial charge on any atom is 0.257 e. The van der Waals surface area contributed by atoms with Gasteiger partial charge in [0, 0.05) is 30.3 Å². The predicted molar refractivity (Wildman–Crippen MR) is 123 cm³/mol. The summed E-state index contributed by atoms with van der Waals surface area (Å²) >= 11 is 1.31. The summed E-state index contributed by atoms with van der Waals surface area (Å²) in [5, 5.41) is 4.97. The first-order valence-electron chi connectivity index (χ1n) is 9.83. The summed E-state index contributed by atoms with van der Waals surface area (Å²) in [5.41, 5.74) is 0.322. The highest BCUT2D eigenvalue weighted by Crippen LogP contribution is 2.29. The van der Waals surface area contributed by atoms with E-state index in [-0.39, 0.29) is 22.7 Å². The van der Waals surface area contributed by atoms with E-state index in [4.69, 9.17) is 14.2 Å². The van der Waals surface area contributed by atoms with Gasteiger partial charge in [-0.1, -0.05) is 6.92 Å². The Bertz CT molecular complexity index is 1150. The Morgan fingerprint density at radius 2 is 1.84 bits per heavy atom. The minimum absolute atomic E-state index is 0.0177. The number of sulfone groups is 1. The smallest absolute Gasteiger partial charge is 0.257 e. The van der Waals surface area contributed by atoms with Crippen LogP contribution in [0.15, 0.2) is 58.9 Å². The number of benzene rings is 2. The number of nitrogens with one attached hydrogen (secondary N) is 1. The third-order valence-corrected chi connectivity index (χ3v) is 6.77. The van der Waals surface area contributed by atoms with E-state index in [9.17, 15) is 13.2 Å². The summed E-state index contributed by atoms with van der Waals surface area (Å²) < 4.78 is 40.9. The predicted octanol–water partition coefficient (Wildman–Crippen LogP) is 4.40. The number of hydrogen-bond acceptors (Lipinski definition) is 8. The van der Waals surface area contributed by atoms with Crippen molar-refractivity contribution in [2.75, 3.05) is 24.8 Å². The van der Waals surface area contributed by atoms with Crippen molar-refractivity contribution in [3.05, 3.63) is 59.6 Å². The van der Waals surface area contributed by atoms with Gasteiger partial charge in [0.05, 0.1) is 17.3 Å². The van der Waals surface area contributed by atoms with Gasteiger partial charge >= 0.3 is 0 Å². The van der Waals surface area contributed by atoms with Gasteiger partial charge in [-0.2, -0.15) is 0 Å². The molecule has 0 aliphatic rings. The average molecular weight is 477 g/mol. The van der Waals surface area contributed by atoms with Gasteiger partial charge in [-0.25, -0.2) is 13.4 Å². The van der Waals surface area contributed by atoms with Gasteiger partial charge in [0.2, 0.25) is 0 Å². The summed E-state index contributed by atoms with van der Waals surface area (Å²) in [6, 6.07) is 11.0. The molecule has 1 heterocycles. The first-order valence-corrected chi connectivity index (χ1v) is 12.4. The lowest BCUT2D eigenvalue weighted by Crippen LogP contribution is -2.18. The van der Waals surface area contributed by atoms with Crippen molar-refractivity contribution in [2.45, 2.75) is 24.8 Å². The molecule has 0 fully saturated rings. The molecule has 0 aliphatic heterocycles. The summed E-state index contributed by atoms with van der Waals surface area (Å²) in [6.45, 7) is 3.81. The van der Waals surface area contributed by atoms with Crippen LogP contribution in [0.5, 0.6) is 17.2 Å². The first-order chi connectivity index (χ1) is 15.3. The minimum atomic E-state index is -3.30. The Balaban J connectivity index is 1.87. The molecule has 0 saturated heterocycles. The number of aromatic nitrogens is 1. The third-order valence-electron chi connectivity index (χ3n) is 4.33. The highest BCUT2D eigenvalue weighted by Gasteiger charge is 2.15. The van der Waals surface area contributed by atoms with Crippen molar-refractivity contribution < 1.29 is 27.4 Å². The molecule has 1 aromatic heterocycles. The number of anilines is 1. The third kappa shape index (κ3) is 6.28. The Morgan fingerprint density at radius 3 is 2.47 bits per heavy atom. The van der Waals surface area contributed by atoms with Crippen LogP contribution in [0, 0.1) is 0 Å². The molecule has 1 N–H and O–H groups in total. The minimum Gasteiger partial charge on any atom is -0.488 e. The molecule has 0 aliphatic carbocycles. The first kappa shape index (κ1) is 23.7. The number of rotatable bonds is 10. The van der Waals surface area contributed by atoms with Gasteiger partial charge in [0.1, 0.15) is 23.4 Å². The maximum absolute atomic E-state index is 12.7. The number of carbonyl (C=O) groups is 1. The van der Waals surface area contributed by atoms with E-state index >= 15 is 0 Å². The molecule has 10 heteroatoms. The molecule has 2 aromatic carbocycles. The van der Waals surface area contributed by atoms with Crippen molar-refractivity contribution in [3.8, 4) is 17.2 Å². The lowest BCUT2D eigenvalue weighted by molar-refractivity contribution is 0.0916. The molecule has 1 amide bonds. The molecule has 0 spiro atoms. The second-order valence-electron chi connectivity index (χ2n) is 6.85. The van der Waals surface area contributed by atoms with Crippen LogP contribution in [0.25, 0.3) is 0 Å². The van der Waals surface area contributed by atoms with Crippen LogP contribution in [0.4, 0.5) is 5.13 Å². The standard InChI is InChI=1S/C22H24N2O6S2/c1-4-32(26,27)20-7-5-17(6-8-20)30-19-12-16(21(25)24-22-23-9-10-31-22)11-18(13-19)29-15(2)14-28-3/h5-13,15H,4,14H2,1-3H3,(H,23,24,25). The molecule has 0 radical (unpaired) electrons. The van der Waals surface area contributed by atoms with Crippen molar-refractivity contribution in [3.63, 3.8) is 0 Å². The van der Waals surface area contributed by atoms with Gasteiger partial charge in [0.15, 0.2) is 15.0 Å². The average Bonchev–Trinajstić information content (AvgIpc) is 3.27. The topological polar surface area (TPSA) is 104 Å². The van der Waals surface area contributed by atoms with Crippen LogP contribution in [-0.2, 0) is 14.6 Å². The summed E-state index contributed by atoms with van der Waals surface area (Å²) in [7, 11) is -1.72. The summed E-state index contributed by atoms with van der Waals surface area (Å²) in [6.07, 6.45) is 1.35. The second kappa shape index (κ2) is 10.6. The van der Waals surface area contributed by atoms with Crippen molar-refractivity contribution in [2.24, 2.45) is 0 Å². The highest BCUT2D eigenvalue weighted by atomic mass is 32.2. The second-order valence-corrected chi connectivity index (χ2v) is 10.0. The zero-order valence-electron chi connectivity index (χ0n) is 17.9. The van der Waals surface area contributed by atoms with Crippen LogP contribution in [0.3, 0.4) is 0 Å². The van der Waals surface area contributed by atoms with Crippen molar-refractivity contribution in [1.82, 2.24) is 4.98 Å². The molecular formula is C22H24N2O6S2. The van der Waals surface area contributed by atoms with Crippen LogP contribution in [-0.4, -0.2) is 44.9 Å². The SMILES string of the molecule is CCS(=O)(=O)c1ccc(Oc2cc(OC(C)COC)cc(C(=O)Nc3nccs3)c2)cc1. The Labute approximate surface area is 191 Å². The number of carbonyl (C=O) groups excluding carboxylic acids is 1. The molecule has 1 atom stereocenters. The lowest BCUT2D eigenvalue weighted by atomic mass is 10.2. The Morgan fingerprint density at radius 1 is 1.12 bits per heavy atom. The van der Waals surface area contributed by atoms with Gasteiger partial charge < -0.3 is 14.2 Å². The van der Waals surface area contributed by atoms with Gasteiger partial charge in [-0.3, -0.25) is 10.1 Å². The van der Waals surface area contributed by atoms with Crippen LogP contribution >= 0.6 is 11.3 Å². The van der Waals surface area contributed by atoms with Crippen molar-refractivity contribution in [1.29, 1.82) is 0 Å². The molecule has 0 saturated carbocycles. The maximum atomic E-state index is 12.7. The Kier molecular flexibility index (Phi) is 7.84. The fourth-order valence-electron chi connectivity index (χ4n) is 2.80.